The van der Waals surface area contributed by atoms with E-state index in [0.29, 0.717) is 32.6 Å². The molecule has 0 fully saturated rings. The summed E-state index contributed by atoms with van der Waals surface area (Å²) in [5.74, 6) is 1.25. The highest BCUT2D eigenvalue weighted by Gasteiger charge is 2.13. The van der Waals surface area contributed by atoms with Gasteiger partial charge in [-0.05, 0) is 29.8 Å². The van der Waals surface area contributed by atoms with E-state index >= 15 is 0 Å². The minimum Gasteiger partial charge on any atom is -0.365 e. The quantitative estimate of drug-likeness (QED) is 0.456. The highest BCUT2D eigenvalue weighted by atomic mass is 35.5. The molecule has 0 spiro atoms. The van der Waals surface area contributed by atoms with Gasteiger partial charge in [0.15, 0.2) is 5.82 Å². The summed E-state index contributed by atoms with van der Waals surface area (Å²) in [6, 6.07) is 9.18. The minimum atomic E-state index is 0.519. The van der Waals surface area contributed by atoms with Crippen molar-refractivity contribution in [2.24, 2.45) is 0 Å². The Balaban J connectivity index is 1.70. The van der Waals surface area contributed by atoms with Crippen LogP contribution in [0.5, 0.6) is 0 Å². The molecule has 0 aliphatic rings. The highest BCUT2D eigenvalue weighted by Crippen LogP contribution is 2.34. The standard InChI is InChI=1S/C16H10Cl3N5S/c17-10-2-1-8(5-11(10)18)7-20-14-9-6-13(19)25-16(9)23-15(22-14)12-3-4-21-24-12/h1-6H,7H2,(H,21,24)(H,20,22,23). The van der Waals surface area contributed by atoms with Crippen molar-refractivity contribution < 1.29 is 0 Å². The third-order valence-electron chi connectivity index (χ3n) is 3.55. The van der Waals surface area contributed by atoms with Crippen LogP contribution in [0.25, 0.3) is 21.7 Å². The average molecular weight is 411 g/mol. The molecular formula is C16H10Cl3N5S. The topological polar surface area (TPSA) is 66.5 Å². The highest BCUT2D eigenvalue weighted by molar-refractivity contribution is 7.22. The molecule has 5 nitrogen and oxygen atoms in total. The molecule has 1 aromatic carbocycles. The smallest absolute Gasteiger partial charge is 0.180 e. The van der Waals surface area contributed by atoms with Gasteiger partial charge in [-0.2, -0.15) is 5.10 Å². The van der Waals surface area contributed by atoms with Crippen molar-refractivity contribution in [2.75, 3.05) is 5.32 Å². The van der Waals surface area contributed by atoms with Crippen LogP contribution in [0.4, 0.5) is 5.82 Å². The van der Waals surface area contributed by atoms with Crippen LogP contribution in [0.2, 0.25) is 14.4 Å². The number of benzene rings is 1. The van der Waals surface area contributed by atoms with E-state index in [1.165, 1.54) is 11.3 Å². The zero-order valence-electron chi connectivity index (χ0n) is 12.6. The number of nitrogens with zero attached hydrogens (tertiary/aromatic N) is 3. The van der Waals surface area contributed by atoms with Crippen LogP contribution in [0.3, 0.4) is 0 Å². The van der Waals surface area contributed by atoms with E-state index in [1.807, 2.05) is 24.3 Å². The molecule has 0 saturated carbocycles. The third-order valence-corrected chi connectivity index (χ3v) is 5.45. The van der Waals surface area contributed by atoms with Gasteiger partial charge in [0.1, 0.15) is 16.3 Å². The number of halogens is 3. The van der Waals surface area contributed by atoms with Crippen molar-refractivity contribution in [3.63, 3.8) is 0 Å². The Kier molecular flexibility index (Phi) is 4.52. The van der Waals surface area contributed by atoms with Gasteiger partial charge < -0.3 is 5.32 Å². The van der Waals surface area contributed by atoms with Gasteiger partial charge in [0.2, 0.25) is 0 Å². The number of fused-ring (bicyclic) bond motifs is 1. The lowest BCUT2D eigenvalue weighted by Crippen LogP contribution is -2.03. The molecule has 0 radical (unpaired) electrons. The molecule has 0 amide bonds. The van der Waals surface area contributed by atoms with Crippen molar-refractivity contribution in [1.82, 2.24) is 20.2 Å². The Morgan fingerprint density at radius 3 is 2.68 bits per heavy atom. The average Bonchev–Trinajstić information content (AvgIpc) is 3.24. The number of hydrogen-bond donors (Lipinski definition) is 2. The van der Waals surface area contributed by atoms with Crippen molar-refractivity contribution in [3.8, 4) is 11.5 Å². The molecule has 0 unspecified atom stereocenters. The van der Waals surface area contributed by atoms with Crippen LogP contribution >= 0.6 is 46.1 Å². The molecule has 4 aromatic rings. The Hall–Kier alpha value is -1.86. The van der Waals surface area contributed by atoms with E-state index in [0.717, 1.165) is 21.5 Å². The molecular weight excluding hydrogens is 401 g/mol. The summed E-state index contributed by atoms with van der Waals surface area (Å²) < 4.78 is 0.656. The van der Waals surface area contributed by atoms with Gasteiger partial charge in [0, 0.05) is 12.7 Å². The van der Waals surface area contributed by atoms with Crippen molar-refractivity contribution >= 4 is 62.2 Å². The van der Waals surface area contributed by atoms with Crippen LogP contribution in [0.1, 0.15) is 5.56 Å². The van der Waals surface area contributed by atoms with Crippen LogP contribution in [0, 0.1) is 0 Å². The fraction of sp³-hybridized carbons (Fsp3) is 0.0625. The first-order valence-corrected chi connectivity index (χ1v) is 9.20. The van der Waals surface area contributed by atoms with Gasteiger partial charge in [-0.15, -0.1) is 11.3 Å². The number of nitrogens with one attached hydrogen (secondary N) is 2. The number of hydrogen-bond acceptors (Lipinski definition) is 5. The summed E-state index contributed by atoms with van der Waals surface area (Å²) in [6.07, 6.45) is 1.66. The third kappa shape index (κ3) is 3.43. The molecule has 0 aliphatic heterocycles. The molecule has 3 heterocycles. The Morgan fingerprint density at radius 1 is 1.04 bits per heavy atom. The summed E-state index contributed by atoms with van der Waals surface area (Å²) in [7, 11) is 0. The second-order valence-corrected chi connectivity index (χ2v) is 7.71. The van der Waals surface area contributed by atoms with Gasteiger partial charge in [-0.25, -0.2) is 9.97 Å². The summed E-state index contributed by atoms with van der Waals surface area (Å²) in [5.41, 5.74) is 1.73. The predicted octanol–water partition coefficient (Wildman–Crippen LogP) is 5.65. The zero-order chi connectivity index (χ0) is 17.4. The monoisotopic (exact) mass is 409 g/mol. The molecule has 0 atom stereocenters. The van der Waals surface area contributed by atoms with E-state index in [9.17, 15) is 0 Å². The Labute approximate surface area is 162 Å². The van der Waals surface area contributed by atoms with E-state index < -0.39 is 0 Å². The molecule has 0 aliphatic carbocycles. The lowest BCUT2D eigenvalue weighted by atomic mass is 10.2. The van der Waals surface area contributed by atoms with E-state index in [4.69, 9.17) is 34.8 Å². The molecule has 25 heavy (non-hydrogen) atoms. The fourth-order valence-electron chi connectivity index (χ4n) is 2.36. The molecule has 4 rings (SSSR count). The van der Waals surface area contributed by atoms with Gasteiger partial charge in [0.25, 0.3) is 0 Å². The fourth-order valence-corrected chi connectivity index (χ4v) is 3.77. The summed E-state index contributed by atoms with van der Waals surface area (Å²) in [6.45, 7) is 0.541. The number of anilines is 1. The van der Waals surface area contributed by atoms with Gasteiger partial charge >= 0.3 is 0 Å². The SMILES string of the molecule is Clc1cc2c(NCc3ccc(Cl)c(Cl)c3)nc(-c3ccn[nH]3)nc2s1. The number of aromatic amines is 1. The summed E-state index contributed by atoms with van der Waals surface area (Å²) in [4.78, 5) is 9.97. The first kappa shape index (κ1) is 16.6. The Bertz CT molecular complexity index is 1050. The second kappa shape index (κ2) is 6.80. The first-order chi connectivity index (χ1) is 12.1. The van der Waals surface area contributed by atoms with Gasteiger partial charge in [0.05, 0.1) is 19.8 Å². The molecule has 2 N–H and O–H groups in total. The Morgan fingerprint density at radius 2 is 1.92 bits per heavy atom. The number of thiophene rings is 1. The molecule has 0 bridgehead atoms. The van der Waals surface area contributed by atoms with Crippen LogP contribution < -0.4 is 5.32 Å². The van der Waals surface area contributed by atoms with E-state index in [1.54, 1.807) is 12.3 Å². The van der Waals surface area contributed by atoms with Crippen molar-refractivity contribution in [1.29, 1.82) is 0 Å². The molecule has 3 aromatic heterocycles. The van der Waals surface area contributed by atoms with Crippen molar-refractivity contribution in [2.45, 2.75) is 6.54 Å². The summed E-state index contributed by atoms with van der Waals surface area (Å²) in [5, 5.41) is 12.1. The van der Waals surface area contributed by atoms with Gasteiger partial charge in [-0.1, -0.05) is 40.9 Å². The maximum atomic E-state index is 6.16. The lowest BCUT2D eigenvalue weighted by molar-refractivity contribution is 1.06. The van der Waals surface area contributed by atoms with Crippen LogP contribution in [-0.4, -0.2) is 20.2 Å². The second-order valence-electron chi connectivity index (χ2n) is 5.24. The summed E-state index contributed by atoms with van der Waals surface area (Å²) >= 11 is 19.6. The van der Waals surface area contributed by atoms with Crippen LogP contribution in [-0.2, 0) is 6.54 Å². The van der Waals surface area contributed by atoms with Crippen LogP contribution in [0.15, 0.2) is 36.5 Å². The van der Waals surface area contributed by atoms with Gasteiger partial charge in [-0.3, -0.25) is 5.10 Å². The first-order valence-electron chi connectivity index (χ1n) is 7.25. The lowest BCUT2D eigenvalue weighted by Gasteiger charge is -2.09. The van der Waals surface area contributed by atoms with E-state index in [2.05, 4.69) is 25.5 Å². The van der Waals surface area contributed by atoms with Crippen molar-refractivity contribution in [3.05, 3.63) is 56.5 Å². The maximum Gasteiger partial charge on any atom is 0.180 e. The minimum absolute atomic E-state index is 0.519. The zero-order valence-corrected chi connectivity index (χ0v) is 15.6. The number of H-pyrrole nitrogens is 1. The normalized spacial score (nSPS) is 11.2. The molecule has 126 valence electrons. The predicted molar refractivity (Wildman–Crippen MR) is 104 cm³/mol. The maximum absolute atomic E-state index is 6.16. The largest absolute Gasteiger partial charge is 0.365 e. The number of aromatic nitrogens is 4. The van der Waals surface area contributed by atoms with E-state index in [-0.39, 0.29) is 0 Å². The number of rotatable bonds is 4. The molecule has 0 saturated heterocycles. The molecule has 9 heteroatoms.